The molecule has 0 unspecified atom stereocenters. The second-order valence-electron chi connectivity index (χ2n) is 3.76. The zero-order valence-electron chi connectivity index (χ0n) is 9.39. The fourth-order valence-electron chi connectivity index (χ4n) is 1.57. The smallest absolute Gasteiger partial charge is 0.256 e. The van der Waals surface area contributed by atoms with Crippen LogP contribution in [0.3, 0.4) is 0 Å². The number of amides is 1. The van der Waals surface area contributed by atoms with Crippen molar-refractivity contribution in [1.29, 1.82) is 0 Å². The van der Waals surface area contributed by atoms with E-state index in [2.05, 4.69) is 0 Å². The number of carbonyl (C=O) groups excluding carboxylic acids is 1. The summed E-state index contributed by atoms with van der Waals surface area (Å²) in [6, 6.07) is 7.53. The number of carbonyl (C=O) groups is 1. The molecule has 0 aliphatic carbocycles. The van der Waals surface area contributed by atoms with Crippen molar-refractivity contribution in [3.8, 4) is 0 Å². The summed E-state index contributed by atoms with van der Waals surface area (Å²) in [5.74, 6) is 0.374. The first-order valence-corrected chi connectivity index (χ1v) is 6.94. The molecule has 1 heterocycles. The van der Waals surface area contributed by atoms with Crippen LogP contribution in [0.2, 0.25) is 5.02 Å². The Morgan fingerprint density at radius 1 is 1.41 bits per heavy atom. The van der Waals surface area contributed by atoms with Gasteiger partial charge in [-0.05, 0) is 25.0 Å². The minimum absolute atomic E-state index is 0.00891. The Morgan fingerprint density at radius 2 is 2.24 bits per heavy atom. The average molecular weight is 272 g/mol. The van der Waals surface area contributed by atoms with E-state index in [0.29, 0.717) is 23.9 Å². The van der Waals surface area contributed by atoms with Gasteiger partial charge in [-0.15, -0.1) is 11.8 Å². The first kappa shape index (κ1) is 12.7. The monoisotopic (exact) mass is 271 g/mol. The molecule has 1 fully saturated rings. The summed E-state index contributed by atoms with van der Waals surface area (Å²) in [6.07, 6.45) is 2.05. The molecule has 92 valence electrons. The third-order valence-electron chi connectivity index (χ3n) is 2.47. The Hall–Kier alpha value is -0.710. The zero-order valence-corrected chi connectivity index (χ0v) is 11.0. The van der Waals surface area contributed by atoms with Gasteiger partial charge < -0.3 is 0 Å². The summed E-state index contributed by atoms with van der Waals surface area (Å²) in [5.41, 5.74) is 0. The fourth-order valence-corrected chi connectivity index (χ4v) is 2.67. The van der Waals surface area contributed by atoms with E-state index in [1.807, 2.05) is 24.3 Å². The van der Waals surface area contributed by atoms with Crippen LogP contribution in [-0.4, -0.2) is 29.9 Å². The van der Waals surface area contributed by atoms with Crippen molar-refractivity contribution in [3.05, 3.63) is 29.3 Å². The molecule has 0 radical (unpaired) electrons. The Balaban J connectivity index is 1.85. The highest BCUT2D eigenvalue weighted by atomic mass is 35.5. The topological polar surface area (TPSA) is 29.5 Å². The third kappa shape index (κ3) is 3.63. The van der Waals surface area contributed by atoms with Crippen LogP contribution >= 0.6 is 23.4 Å². The van der Waals surface area contributed by atoms with Gasteiger partial charge in [0.15, 0.2) is 0 Å². The lowest BCUT2D eigenvalue weighted by molar-refractivity contribution is -0.194. The van der Waals surface area contributed by atoms with Crippen LogP contribution < -0.4 is 0 Å². The van der Waals surface area contributed by atoms with Gasteiger partial charge in [0.05, 0.1) is 17.4 Å². The fraction of sp³-hybridized carbons (Fsp3) is 0.417. The van der Waals surface area contributed by atoms with Gasteiger partial charge in [-0.3, -0.25) is 9.63 Å². The standard InChI is InChI=1S/C12H14ClNO2S/c13-10-5-1-2-6-11(10)17-9-12(15)14-7-3-4-8-16-14/h1-2,5-6H,3-4,7-9H2. The number of benzene rings is 1. The molecule has 0 atom stereocenters. The second-order valence-corrected chi connectivity index (χ2v) is 5.18. The highest BCUT2D eigenvalue weighted by molar-refractivity contribution is 8.00. The molecule has 1 aliphatic rings. The van der Waals surface area contributed by atoms with Crippen molar-refractivity contribution in [1.82, 2.24) is 5.06 Å². The summed E-state index contributed by atoms with van der Waals surface area (Å²) in [5, 5.41) is 2.15. The molecule has 1 aromatic rings. The van der Waals surface area contributed by atoms with Crippen LogP contribution in [0.15, 0.2) is 29.2 Å². The minimum Gasteiger partial charge on any atom is -0.272 e. The number of hydroxylamine groups is 2. The zero-order chi connectivity index (χ0) is 12.1. The van der Waals surface area contributed by atoms with Crippen molar-refractivity contribution in [2.24, 2.45) is 0 Å². The molecule has 0 spiro atoms. The first-order valence-electron chi connectivity index (χ1n) is 5.58. The van der Waals surface area contributed by atoms with E-state index in [-0.39, 0.29) is 5.91 Å². The highest BCUT2D eigenvalue weighted by Crippen LogP contribution is 2.26. The Labute approximate surface area is 110 Å². The van der Waals surface area contributed by atoms with Crippen LogP contribution in [0.25, 0.3) is 0 Å². The van der Waals surface area contributed by atoms with E-state index in [0.717, 1.165) is 17.7 Å². The van der Waals surface area contributed by atoms with E-state index < -0.39 is 0 Å². The van der Waals surface area contributed by atoms with Crippen molar-refractivity contribution in [2.45, 2.75) is 17.7 Å². The molecular weight excluding hydrogens is 258 g/mol. The molecule has 1 amide bonds. The van der Waals surface area contributed by atoms with Gasteiger partial charge in [-0.2, -0.15) is 0 Å². The van der Waals surface area contributed by atoms with Crippen molar-refractivity contribution >= 4 is 29.3 Å². The second kappa shape index (κ2) is 6.28. The molecule has 1 saturated heterocycles. The number of hydrogen-bond acceptors (Lipinski definition) is 3. The maximum atomic E-state index is 11.8. The van der Waals surface area contributed by atoms with Crippen LogP contribution in [0.4, 0.5) is 0 Å². The van der Waals surface area contributed by atoms with Gasteiger partial charge in [0, 0.05) is 11.4 Å². The Bertz CT molecular complexity index is 394. The predicted octanol–water partition coefficient (Wildman–Crippen LogP) is 2.99. The first-order chi connectivity index (χ1) is 8.27. The largest absolute Gasteiger partial charge is 0.272 e. The molecule has 2 rings (SSSR count). The van der Waals surface area contributed by atoms with Crippen molar-refractivity contribution in [2.75, 3.05) is 18.9 Å². The van der Waals surface area contributed by atoms with E-state index in [9.17, 15) is 4.79 Å². The molecular formula is C12H14ClNO2S. The van der Waals surface area contributed by atoms with Crippen molar-refractivity contribution in [3.63, 3.8) is 0 Å². The summed E-state index contributed by atoms with van der Waals surface area (Å²) in [6.45, 7) is 1.34. The SMILES string of the molecule is O=C(CSc1ccccc1Cl)N1CCCCO1. The van der Waals surface area contributed by atoms with Crippen molar-refractivity contribution < 1.29 is 9.63 Å². The quantitative estimate of drug-likeness (QED) is 0.792. The lowest BCUT2D eigenvalue weighted by Gasteiger charge is -2.25. The normalized spacial score (nSPS) is 15.9. The Kier molecular flexibility index (Phi) is 4.71. The van der Waals surface area contributed by atoms with E-state index in [1.54, 1.807) is 0 Å². The number of hydrogen-bond donors (Lipinski definition) is 0. The third-order valence-corrected chi connectivity index (χ3v) is 3.97. The molecule has 1 aromatic carbocycles. The van der Waals surface area contributed by atoms with E-state index in [4.69, 9.17) is 16.4 Å². The number of nitrogens with zero attached hydrogens (tertiary/aromatic N) is 1. The lowest BCUT2D eigenvalue weighted by atomic mass is 10.3. The summed E-state index contributed by atoms with van der Waals surface area (Å²) in [7, 11) is 0. The average Bonchev–Trinajstić information content (AvgIpc) is 2.38. The maximum absolute atomic E-state index is 11.8. The van der Waals surface area contributed by atoms with E-state index >= 15 is 0 Å². The number of thioether (sulfide) groups is 1. The predicted molar refractivity (Wildman–Crippen MR) is 69.1 cm³/mol. The van der Waals surface area contributed by atoms with Gasteiger partial charge in [0.2, 0.25) is 0 Å². The van der Waals surface area contributed by atoms with Crippen LogP contribution in [0, 0.1) is 0 Å². The summed E-state index contributed by atoms with van der Waals surface area (Å²) in [4.78, 5) is 18.0. The lowest BCUT2D eigenvalue weighted by Crippen LogP contribution is -2.36. The van der Waals surface area contributed by atoms with Gasteiger partial charge in [0.1, 0.15) is 0 Å². The number of halogens is 1. The summed E-state index contributed by atoms with van der Waals surface area (Å²) < 4.78 is 0. The molecule has 0 N–H and O–H groups in total. The summed E-state index contributed by atoms with van der Waals surface area (Å²) >= 11 is 7.46. The van der Waals surface area contributed by atoms with Gasteiger partial charge >= 0.3 is 0 Å². The minimum atomic E-state index is 0.00891. The molecule has 0 aromatic heterocycles. The maximum Gasteiger partial charge on any atom is 0.256 e. The molecule has 0 saturated carbocycles. The van der Waals surface area contributed by atoms with Gasteiger partial charge in [-0.1, -0.05) is 23.7 Å². The van der Waals surface area contributed by atoms with Crippen LogP contribution in [0.1, 0.15) is 12.8 Å². The molecule has 0 bridgehead atoms. The van der Waals surface area contributed by atoms with Gasteiger partial charge in [0.25, 0.3) is 5.91 Å². The highest BCUT2D eigenvalue weighted by Gasteiger charge is 2.17. The van der Waals surface area contributed by atoms with E-state index in [1.165, 1.54) is 16.8 Å². The van der Waals surface area contributed by atoms with Crippen LogP contribution in [-0.2, 0) is 9.63 Å². The molecule has 17 heavy (non-hydrogen) atoms. The molecule has 3 nitrogen and oxygen atoms in total. The van der Waals surface area contributed by atoms with Gasteiger partial charge in [-0.25, -0.2) is 5.06 Å². The molecule has 5 heteroatoms. The van der Waals surface area contributed by atoms with Crippen LogP contribution in [0.5, 0.6) is 0 Å². The molecule has 1 aliphatic heterocycles. The number of rotatable bonds is 3. The Morgan fingerprint density at radius 3 is 2.94 bits per heavy atom.